The summed E-state index contributed by atoms with van der Waals surface area (Å²) in [4.78, 5) is 10.7. The van der Waals surface area contributed by atoms with E-state index in [-0.39, 0.29) is 12.7 Å². The van der Waals surface area contributed by atoms with Crippen LogP contribution in [0.4, 0.5) is 0 Å². The van der Waals surface area contributed by atoms with Crippen LogP contribution in [0.15, 0.2) is 22.8 Å². The zero-order valence-corrected chi connectivity index (χ0v) is 8.11. The van der Waals surface area contributed by atoms with Gasteiger partial charge in [0.2, 0.25) is 0 Å². The van der Waals surface area contributed by atoms with Crippen molar-refractivity contribution in [2.75, 3.05) is 0 Å². The summed E-state index contributed by atoms with van der Waals surface area (Å²) < 4.78 is 12.0. The highest BCUT2D eigenvalue weighted by Gasteiger charge is 2.08. The largest absolute Gasteiger partial charge is 0.463 e. The van der Waals surface area contributed by atoms with Crippen molar-refractivity contribution in [3.8, 4) is 0 Å². The molecule has 2 aromatic heterocycles. The average Bonchev–Trinajstić information content (AvgIpc) is 2.61. The molecule has 0 saturated heterocycles. The fourth-order valence-corrected chi connectivity index (χ4v) is 1.43. The average molecular weight is 193 g/mol. The van der Waals surface area contributed by atoms with Crippen LogP contribution in [0.1, 0.15) is 12.6 Å². The molecule has 4 heteroatoms. The van der Waals surface area contributed by atoms with Crippen LogP contribution in [-0.2, 0) is 16.3 Å². The minimum atomic E-state index is -0.283. The van der Waals surface area contributed by atoms with Gasteiger partial charge in [-0.3, -0.25) is 4.79 Å². The van der Waals surface area contributed by atoms with Gasteiger partial charge in [-0.2, -0.15) is 0 Å². The number of nitrogens with zero attached hydrogens (tertiary/aromatic N) is 1. The lowest BCUT2D eigenvalue weighted by Crippen LogP contribution is -2.06. The molecule has 0 spiro atoms. The quantitative estimate of drug-likeness (QED) is 0.686. The predicted octanol–water partition coefficient (Wildman–Crippen LogP) is 2.06. The Morgan fingerprint density at radius 1 is 1.64 bits per heavy atom. The van der Waals surface area contributed by atoms with E-state index in [1.54, 1.807) is 6.26 Å². The number of ether oxygens (including phenoxy) is 1. The maximum atomic E-state index is 10.7. The number of hydrogen-bond acceptors (Lipinski definition) is 3. The topological polar surface area (TPSA) is 44.4 Å². The van der Waals surface area contributed by atoms with Crippen molar-refractivity contribution in [3.05, 3.63) is 24.1 Å². The van der Waals surface area contributed by atoms with Crippen molar-refractivity contribution >= 4 is 17.1 Å². The molecule has 0 saturated carbocycles. The molecule has 2 heterocycles. The van der Waals surface area contributed by atoms with Gasteiger partial charge in [-0.1, -0.05) is 0 Å². The van der Waals surface area contributed by atoms with Crippen LogP contribution >= 0.6 is 0 Å². The number of carbonyl (C=O) groups is 1. The van der Waals surface area contributed by atoms with Crippen LogP contribution in [0.2, 0.25) is 0 Å². The molecule has 0 bridgehead atoms. The molecule has 0 atom stereocenters. The van der Waals surface area contributed by atoms with Crippen LogP contribution in [0.25, 0.3) is 11.1 Å². The van der Waals surface area contributed by atoms with Crippen LogP contribution in [0.5, 0.6) is 0 Å². The number of fused-ring (bicyclic) bond motifs is 1. The van der Waals surface area contributed by atoms with E-state index in [9.17, 15) is 4.79 Å². The molecule has 0 fully saturated rings. The Morgan fingerprint density at radius 3 is 3.14 bits per heavy atom. The van der Waals surface area contributed by atoms with Crippen molar-refractivity contribution in [1.29, 1.82) is 0 Å². The number of furan rings is 1. The van der Waals surface area contributed by atoms with Crippen LogP contribution in [0.3, 0.4) is 0 Å². The van der Waals surface area contributed by atoms with E-state index >= 15 is 0 Å². The van der Waals surface area contributed by atoms with Crippen molar-refractivity contribution in [1.82, 2.24) is 4.57 Å². The first-order valence-electron chi connectivity index (χ1n) is 4.35. The van der Waals surface area contributed by atoms with Gasteiger partial charge in [0.25, 0.3) is 0 Å². The summed E-state index contributed by atoms with van der Waals surface area (Å²) in [6.45, 7) is 3.58. The zero-order valence-electron chi connectivity index (χ0n) is 8.11. The van der Waals surface area contributed by atoms with E-state index < -0.39 is 0 Å². The minimum absolute atomic E-state index is 0.240. The Bertz CT molecular complexity index is 467. The van der Waals surface area contributed by atoms with Gasteiger partial charge in [0, 0.05) is 24.8 Å². The van der Waals surface area contributed by atoms with E-state index in [2.05, 4.69) is 0 Å². The number of hydrogen-bond donors (Lipinski definition) is 0. The third kappa shape index (κ3) is 1.39. The Labute approximate surface area is 81.1 Å². The molecule has 0 aromatic carbocycles. The number of carbonyl (C=O) groups excluding carboxylic acids is 1. The minimum Gasteiger partial charge on any atom is -0.463 e. The molecular formula is C10H11NO3. The summed E-state index contributed by atoms with van der Waals surface area (Å²) in [5.74, 6) is -0.283. The third-order valence-electron chi connectivity index (χ3n) is 2.13. The van der Waals surface area contributed by atoms with Crippen LogP contribution in [0, 0.1) is 6.92 Å². The van der Waals surface area contributed by atoms with Gasteiger partial charge < -0.3 is 13.7 Å². The number of aryl methyl sites for hydroxylation is 1. The maximum absolute atomic E-state index is 10.7. The standard InChI is InChI=1S/C10H11NO3/c1-7-5-10-9(3-4-13-10)11(7)6-14-8(2)12/h3-5H,6H2,1-2H3. The second kappa shape index (κ2) is 3.21. The zero-order chi connectivity index (χ0) is 10.1. The van der Waals surface area contributed by atoms with E-state index in [4.69, 9.17) is 9.15 Å². The third-order valence-corrected chi connectivity index (χ3v) is 2.13. The van der Waals surface area contributed by atoms with Gasteiger partial charge in [-0.25, -0.2) is 0 Å². The molecule has 0 aliphatic rings. The number of esters is 1. The fourth-order valence-electron chi connectivity index (χ4n) is 1.43. The summed E-state index contributed by atoms with van der Waals surface area (Å²) >= 11 is 0. The summed E-state index contributed by atoms with van der Waals surface area (Å²) in [5, 5.41) is 0. The summed E-state index contributed by atoms with van der Waals surface area (Å²) in [5.41, 5.74) is 2.78. The molecule has 0 aliphatic carbocycles. The SMILES string of the molecule is CC(=O)OCn1c(C)cc2occc21. The lowest BCUT2D eigenvalue weighted by molar-refractivity contribution is -0.144. The highest BCUT2D eigenvalue weighted by atomic mass is 16.5. The predicted molar refractivity (Wildman–Crippen MR) is 50.7 cm³/mol. The Kier molecular flexibility index (Phi) is 2.04. The van der Waals surface area contributed by atoms with Gasteiger partial charge in [0.15, 0.2) is 12.3 Å². The highest BCUT2D eigenvalue weighted by molar-refractivity contribution is 5.75. The van der Waals surface area contributed by atoms with Crippen molar-refractivity contribution in [2.24, 2.45) is 0 Å². The molecular weight excluding hydrogens is 182 g/mol. The van der Waals surface area contributed by atoms with Gasteiger partial charge in [-0.05, 0) is 6.92 Å². The Morgan fingerprint density at radius 2 is 2.43 bits per heavy atom. The smallest absolute Gasteiger partial charge is 0.304 e. The lowest BCUT2D eigenvalue weighted by atomic mass is 10.5. The first-order chi connectivity index (χ1) is 6.68. The van der Waals surface area contributed by atoms with E-state index in [0.717, 1.165) is 16.8 Å². The van der Waals surface area contributed by atoms with E-state index in [0.29, 0.717) is 0 Å². The highest BCUT2D eigenvalue weighted by Crippen LogP contribution is 2.20. The molecule has 2 aromatic rings. The Hall–Kier alpha value is -1.71. The monoisotopic (exact) mass is 193 g/mol. The molecule has 0 aliphatic heterocycles. The van der Waals surface area contributed by atoms with Gasteiger partial charge in [0.05, 0.1) is 11.8 Å². The summed E-state index contributed by atoms with van der Waals surface area (Å²) in [7, 11) is 0. The van der Waals surface area contributed by atoms with Crippen molar-refractivity contribution in [2.45, 2.75) is 20.6 Å². The van der Waals surface area contributed by atoms with Gasteiger partial charge in [0.1, 0.15) is 0 Å². The molecule has 4 nitrogen and oxygen atoms in total. The molecule has 14 heavy (non-hydrogen) atoms. The van der Waals surface area contributed by atoms with Gasteiger partial charge in [-0.15, -0.1) is 0 Å². The number of aromatic nitrogens is 1. The molecule has 74 valence electrons. The van der Waals surface area contributed by atoms with Crippen LogP contribution < -0.4 is 0 Å². The Balaban J connectivity index is 2.34. The van der Waals surface area contributed by atoms with Crippen molar-refractivity contribution < 1.29 is 13.9 Å². The van der Waals surface area contributed by atoms with Crippen molar-refractivity contribution in [3.63, 3.8) is 0 Å². The summed E-state index contributed by atoms with van der Waals surface area (Å²) in [6.07, 6.45) is 1.62. The van der Waals surface area contributed by atoms with E-state index in [1.165, 1.54) is 6.92 Å². The first kappa shape index (κ1) is 8.87. The molecule has 0 unspecified atom stereocenters. The molecule has 2 rings (SSSR count). The second-order valence-electron chi connectivity index (χ2n) is 3.15. The maximum Gasteiger partial charge on any atom is 0.304 e. The lowest BCUT2D eigenvalue weighted by Gasteiger charge is -2.06. The first-order valence-corrected chi connectivity index (χ1v) is 4.35. The fraction of sp³-hybridized carbons (Fsp3) is 0.300. The number of rotatable bonds is 2. The van der Waals surface area contributed by atoms with E-state index in [1.807, 2.05) is 23.6 Å². The normalized spacial score (nSPS) is 10.7. The molecule has 0 radical (unpaired) electrons. The second-order valence-corrected chi connectivity index (χ2v) is 3.15. The molecule has 0 amide bonds. The summed E-state index contributed by atoms with van der Waals surface area (Å²) in [6, 6.07) is 3.77. The molecule has 0 N–H and O–H groups in total. The van der Waals surface area contributed by atoms with Crippen LogP contribution in [-0.4, -0.2) is 10.5 Å². The van der Waals surface area contributed by atoms with Gasteiger partial charge >= 0.3 is 5.97 Å².